The molecule has 0 spiro atoms. The molecule has 2 aromatic rings. The van der Waals surface area contributed by atoms with E-state index in [-0.39, 0.29) is 36.0 Å². The average Bonchev–Trinajstić information content (AvgIpc) is 3.48. The lowest BCUT2D eigenvalue weighted by molar-refractivity contribution is -0.122. The van der Waals surface area contributed by atoms with Gasteiger partial charge in [-0.25, -0.2) is 0 Å². The summed E-state index contributed by atoms with van der Waals surface area (Å²) in [5.41, 5.74) is 1.91. The number of nitriles is 1. The van der Waals surface area contributed by atoms with Crippen molar-refractivity contribution in [2.24, 2.45) is 0 Å². The van der Waals surface area contributed by atoms with Crippen LogP contribution in [0.5, 0.6) is 11.5 Å². The molecule has 210 valence electrons. The van der Waals surface area contributed by atoms with Crippen LogP contribution in [-0.2, 0) is 22.6 Å². The van der Waals surface area contributed by atoms with Crippen LogP contribution in [-0.4, -0.2) is 51.8 Å². The zero-order valence-electron chi connectivity index (χ0n) is 23.1. The number of amides is 1. The Kier molecular flexibility index (Phi) is 8.21. The first-order valence-electron chi connectivity index (χ1n) is 13.4. The van der Waals surface area contributed by atoms with Crippen LogP contribution < -0.4 is 19.9 Å². The smallest absolute Gasteiger partial charge is 0.270 e. The van der Waals surface area contributed by atoms with E-state index in [2.05, 4.69) is 17.9 Å². The number of benzene rings is 1. The van der Waals surface area contributed by atoms with E-state index in [0.29, 0.717) is 58.0 Å². The SMILES string of the molecule is CCCCn1c(N2CC(C)OC(C)C2)c(C=C2SC(=S)N(Cc3ccc4c(c3)OCO4)C2=O)c(C)c(C#N)c1=O. The molecule has 1 amide bonds. The van der Waals surface area contributed by atoms with E-state index in [9.17, 15) is 14.9 Å². The summed E-state index contributed by atoms with van der Waals surface area (Å²) in [6.45, 7) is 9.99. The molecule has 40 heavy (non-hydrogen) atoms. The molecule has 2 unspecified atom stereocenters. The molecule has 0 aliphatic carbocycles. The number of carbonyl (C=O) groups excluding carboxylic acids is 1. The normalized spacial score (nSPS) is 21.4. The minimum atomic E-state index is -0.303. The van der Waals surface area contributed by atoms with Gasteiger partial charge >= 0.3 is 0 Å². The fourth-order valence-electron chi connectivity index (χ4n) is 5.35. The van der Waals surface area contributed by atoms with Gasteiger partial charge < -0.3 is 19.1 Å². The van der Waals surface area contributed by atoms with Gasteiger partial charge in [0.15, 0.2) is 11.5 Å². The number of pyridine rings is 1. The Labute approximate surface area is 243 Å². The lowest BCUT2D eigenvalue weighted by atomic mass is 10.0. The van der Waals surface area contributed by atoms with Crippen molar-refractivity contribution in [2.75, 3.05) is 24.8 Å². The number of fused-ring (bicyclic) bond motifs is 1. The molecule has 4 heterocycles. The number of thioether (sulfide) groups is 1. The Hall–Kier alpha value is -3.33. The van der Waals surface area contributed by atoms with Gasteiger partial charge in [0.25, 0.3) is 11.5 Å². The maximum Gasteiger partial charge on any atom is 0.270 e. The quantitative estimate of drug-likeness (QED) is 0.345. The summed E-state index contributed by atoms with van der Waals surface area (Å²) in [6.07, 6.45) is 3.40. The molecule has 1 aromatic heterocycles. The van der Waals surface area contributed by atoms with Crippen LogP contribution in [0.4, 0.5) is 5.82 Å². The molecule has 2 saturated heterocycles. The van der Waals surface area contributed by atoms with E-state index in [4.69, 9.17) is 26.4 Å². The van der Waals surface area contributed by atoms with Crippen molar-refractivity contribution in [3.05, 3.63) is 55.7 Å². The Morgan fingerprint density at radius 2 is 1.90 bits per heavy atom. The van der Waals surface area contributed by atoms with Crippen LogP contribution in [0.2, 0.25) is 0 Å². The van der Waals surface area contributed by atoms with Gasteiger partial charge in [0.1, 0.15) is 21.8 Å². The number of aromatic nitrogens is 1. The summed E-state index contributed by atoms with van der Waals surface area (Å²) < 4.78 is 19.0. The van der Waals surface area contributed by atoms with Gasteiger partial charge in [-0.2, -0.15) is 5.26 Å². The van der Waals surface area contributed by atoms with Crippen LogP contribution in [0, 0.1) is 18.3 Å². The van der Waals surface area contributed by atoms with E-state index < -0.39 is 0 Å². The first kappa shape index (κ1) is 28.2. The third kappa shape index (κ3) is 5.36. The van der Waals surface area contributed by atoms with E-state index in [0.717, 1.165) is 24.2 Å². The zero-order chi connectivity index (χ0) is 28.6. The van der Waals surface area contributed by atoms with Crippen molar-refractivity contribution in [1.29, 1.82) is 5.26 Å². The van der Waals surface area contributed by atoms with E-state index in [1.807, 2.05) is 32.0 Å². The molecule has 11 heteroatoms. The number of ether oxygens (including phenoxy) is 3. The van der Waals surface area contributed by atoms with Crippen LogP contribution in [0.1, 0.15) is 55.9 Å². The summed E-state index contributed by atoms with van der Waals surface area (Å²) >= 11 is 6.85. The first-order chi connectivity index (χ1) is 19.2. The van der Waals surface area contributed by atoms with Gasteiger partial charge in [-0.15, -0.1) is 0 Å². The average molecular weight is 581 g/mol. The summed E-state index contributed by atoms with van der Waals surface area (Å²) in [7, 11) is 0. The molecule has 1 aromatic carbocycles. The molecule has 0 N–H and O–H groups in total. The molecule has 9 nitrogen and oxygen atoms in total. The molecule has 5 rings (SSSR count). The van der Waals surface area contributed by atoms with Crippen molar-refractivity contribution in [3.63, 3.8) is 0 Å². The van der Waals surface area contributed by atoms with Crippen molar-refractivity contribution in [3.8, 4) is 17.6 Å². The van der Waals surface area contributed by atoms with Gasteiger partial charge in [0.2, 0.25) is 6.79 Å². The molecule has 2 fully saturated rings. The number of carbonyl (C=O) groups is 1. The summed E-state index contributed by atoms with van der Waals surface area (Å²) in [5.74, 6) is 1.82. The lowest BCUT2D eigenvalue weighted by Crippen LogP contribution is -2.48. The highest BCUT2D eigenvalue weighted by Gasteiger charge is 2.34. The topological polar surface area (TPSA) is 97.0 Å². The molecule has 0 saturated carbocycles. The molecule has 3 aliphatic rings. The lowest BCUT2D eigenvalue weighted by Gasteiger charge is -2.39. The maximum absolute atomic E-state index is 13.7. The van der Waals surface area contributed by atoms with Crippen LogP contribution >= 0.6 is 24.0 Å². The molecule has 3 aliphatic heterocycles. The number of anilines is 1. The van der Waals surface area contributed by atoms with Crippen LogP contribution in [0.25, 0.3) is 6.08 Å². The van der Waals surface area contributed by atoms with Gasteiger partial charge in [-0.05, 0) is 56.5 Å². The third-order valence-electron chi connectivity index (χ3n) is 7.23. The van der Waals surface area contributed by atoms with Gasteiger partial charge in [0, 0.05) is 25.2 Å². The van der Waals surface area contributed by atoms with Gasteiger partial charge in [-0.3, -0.25) is 19.1 Å². The van der Waals surface area contributed by atoms with E-state index >= 15 is 0 Å². The predicted octanol–water partition coefficient (Wildman–Crippen LogP) is 4.57. The fourth-order valence-corrected chi connectivity index (χ4v) is 6.59. The standard InChI is InChI=1S/C29H32N4O5S2/c1-5-6-9-32-26(31-13-17(2)38-18(3)14-31)21(19(4)22(12-30)27(32)34)11-25-28(35)33(29(39)40-25)15-20-7-8-23-24(10-20)37-16-36-23/h7-8,10-11,17-18H,5-6,9,13-16H2,1-4H3. The minimum absolute atomic E-state index is 0.0396. The highest BCUT2D eigenvalue weighted by atomic mass is 32.2. The zero-order valence-corrected chi connectivity index (χ0v) is 24.7. The summed E-state index contributed by atoms with van der Waals surface area (Å²) in [5, 5.41) is 9.95. The van der Waals surface area contributed by atoms with E-state index in [1.165, 1.54) is 11.8 Å². The maximum atomic E-state index is 13.7. The molecular weight excluding hydrogens is 548 g/mol. The van der Waals surface area contributed by atoms with Crippen LogP contribution in [0.15, 0.2) is 27.9 Å². The van der Waals surface area contributed by atoms with Gasteiger partial charge in [0.05, 0.1) is 23.7 Å². The Morgan fingerprint density at radius 1 is 1.18 bits per heavy atom. The van der Waals surface area contributed by atoms with Crippen molar-refractivity contribution in [2.45, 2.75) is 65.8 Å². The van der Waals surface area contributed by atoms with Crippen LogP contribution in [0.3, 0.4) is 0 Å². The number of nitrogens with zero attached hydrogens (tertiary/aromatic N) is 4. The molecule has 2 atom stereocenters. The highest BCUT2D eigenvalue weighted by Crippen LogP contribution is 2.38. The van der Waals surface area contributed by atoms with E-state index in [1.54, 1.807) is 22.5 Å². The second-order valence-corrected chi connectivity index (χ2v) is 12.0. The monoisotopic (exact) mass is 580 g/mol. The predicted molar refractivity (Wildman–Crippen MR) is 159 cm³/mol. The van der Waals surface area contributed by atoms with Crippen molar-refractivity contribution in [1.82, 2.24) is 9.47 Å². The second kappa shape index (κ2) is 11.6. The molecule has 0 bridgehead atoms. The fraction of sp³-hybridized carbons (Fsp3) is 0.448. The first-order valence-corrected chi connectivity index (χ1v) is 14.7. The largest absolute Gasteiger partial charge is 0.454 e. The second-order valence-electron chi connectivity index (χ2n) is 10.3. The van der Waals surface area contributed by atoms with Crippen molar-refractivity contribution >= 4 is 46.1 Å². The minimum Gasteiger partial charge on any atom is -0.454 e. The Morgan fingerprint density at radius 3 is 2.60 bits per heavy atom. The van der Waals surface area contributed by atoms with Crippen molar-refractivity contribution < 1.29 is 19.0 Å². The number of hydrogen-bond acceptors (Lipinski definition) is 9. The number of morpholine rings is 1. The summed E-state index contributed by atoms with van der Waals surface area (Å²) in [4.78, 5) is 31.4. The molecule has 0 radical (unpaired) electrons. The highest BCUT2D eigenvalue weighted by molar-refractivity contribution is 8.26. The summed E-state index contributed by atoms with van der Waals surface area (Å²) in [6, 6.07) is 7.69. The van der Waals surface area contributed by atoms with Gasteiger partial charge in [-0.1, -0.05) is 43.4 Å². The number of hydrogen-bond donors (Lipinski definition) is 0. The number of unbranched alkanes of at least 4 members (excludes halogenated alkanes) is 1. The Balaban J connectivity index is 1.57. The number of rotatable bonds is 7. The Bertz CT molecular complexity index is 1480. The third-order valence-corrected chi connectivity index (χ3v) is 8.61. The molecular formula is C29H32N4O5S2. The number of thiocarbonyl (C=S) groups is 1.